The molecule has 2 aromatic rings. The Kier molecular flexibility index (Phi) is 4.67. The second-order valence-corrected chi connectivity index (χ2v) is 5.46. The van der Waals surface area contributed by atoms with Crippen molar-refractivity contribution in [2.45, 2.75) is 20.8 Å². The minimum Gasteiger partial charge on any atom is -0.383 e. The van der Waals surface area contributed by atoms with Crippen LogP contribution in [0.1, 0.15) is 16.7 Å². The number of nitrogens with one attached hydrogen (secondary N) is 1. The molecule has 0 aliphatic carbocycles. The first-order valence-corrected chi connectivity index (χ1v) is 7.16. The average Bonchev–Trinajstić information content (AvgIpc) is 2.42. The summed E-state index contributed by atoms with van der Waals surface area (Å²) in [5, 5.41) is 3.57. The molecule has 2 heteroatoms. The summed E-state index contributed by atoms with van der Waals surface area (Å²) in [7, 11) is 2.13. The Balaban J connectivity index is 1.94. The number of anilines is 2. The van der Waals surface area contributed by atoms with Crippen LogP contribution in [0.3, 0.4) is 0 Å². The van der Waals surface area contributed by atoms with E-state index < -0.39 is 0 Å². The van der Waals surface area contributed by atoms with Gasteiger partial charge in [0.15, 0.2) is 0 Å². The van der Waals surface area contributed by atoms with Gasteiger partial charge in [0.05, 0.1) is 0 Å². The molecule has 2 nitrogen and oxygen atoms in total. The Morgan fingerprint density at radius 1 is 0.950 bits per heavy atom. The van der Waals surface area contributed by atoms with Gasteiger partial charge in [0.1, 0.15) is 0 Å². The van der Waals surface area contributed by atoms with Gasteiger partial charge in [0, 0.05) is 31.5 Å². The molecule has 0 bridgehead atoms. The quantitative estimate of drug-likeness (QED) is 0.876. The molecule has 20 heavy (non-hydrogen) atoms. The van der Waals surface area contributed by atoms with Gasteiger partial charge in [0.25, 0.3) is 0 Å². The van der Waals surface area contributed by atoms with Crippen molar-refractivity contribution in [1.29, 1.82) is 0 Å². The molecular weight excluding hydrogens is 244 g/mol. The van der Waals surface area contributed by atoms with Crippen LogP contribution in [0.5, 0.6) is 0 Å². The maximum absolute atomic E-state index is 3.57. The molecule has 2 aromatic carbocycles. The Labute approximate surface area is 122 Å². The molecule has 106 valence electrons. The first kappa shape index (κ1) is 14.4. The molecule has 0 atom stereocenters. The molecule has 0 saturated heterocycles. The summed E-state index contributed by atoms with van der Waals surface area (Å²) in [6, 6.07) is 15.0. The van der Waals surface area contributed by atoms with Crippen molar-refractivity contribution in [1.82, 2.24) is 0 Å². The molecule has 0 saturated carbocycles. The van der Waals surface area contributed by atoms with Gasteiger partial charge in [0.2, 0.25) is 0 Å². The number of likely N-dealkylation sites (N-methyl/N-ethyl adjacent to an activating group) is 1. The van der Waals surface area contributed by atoms with Crippen LogP contribution < -0.4 is 10.2 Å². The van der Waals surface area contributed by atoms with Crippen LogP contribution >= 0.6 is 0 Å². The zero-order valence-corrected chi connectivity index (χ0v) is 12.9. The van der Waals surface area contributed by atoms with Gasteiger partial charge in [-0.1, -0.05) is 35.9 Å². The predicted octanol–water partition coefficient (Wildman–Crippen LogP) is 4.16. The lowest BCUT2D eigenvalue weighted by Gasteiger charge is -2.21. The SMILES string of the molecule is Cc1cc(C)c(NCCN(C)c2ccccc2)c(C)c1. The van der Waals surface area contributed by atoms with Crippen LogP contribution in [0.15, 0.2) is 42.5 Å². The van der Waals surface area contributed by atoms with Crippen LogP contribution in [0.2, 0.25) is 0 Å². The molecule has 0 unspecified atom stereocenters. The molecular formula is C18H24N2. The normalized spacial score (nSPS) is 10.4. The summed E-state index contributed by atoms with van der Waals surface area (Å²) in [6.07, 6.45) is 0. The van der Waals surface area contributed by atoms with Crippen LogP contribution in [0, 0.1) is 20.8 Å². The second kappa shape index (κ2) is 6.47. The molecule has 0 spiro atoms. The minimum atomic E-state index is 0.941. The fourth-order valence-electron chi connectivity index (χ4n) is 2.62. The number of aryl methyl sites for hydroxylation is 3. The van der Waals surface area contributed by atoms with E-state index >= 15 is 0 Å². The zero-order chi connectivity index (χ0) is 14.5. The summed E-state index contributed by atoms with van der Waals surface area (Å²) in [5.74, 6) is 0. The fraction of sp³-hybridized carbons (Fsp3) is 0.333. The van der Waals surface area contributed by atoms with E-state index in [2.05, 4.69) is 80.5 Å². The molecule has 0 aromatic heterocycles. The lowest BCUT2D eigenvalue weighted by atomic mass is 10.1. The Hall–Kier alpha value is -1.96. The fourth-order valence-corrected chi connectivity index (χ4v) is 2.62. The number of para-hydroxylation sites is 1. The Bertz CT molecular complexity index is 538. The van der Waals surface area contributed by atoms with Crippen LogP contribution in [0.25, 0.3) is 0 Å². The summed E-state index contributed by atoms with van der Waals surface area (Å²) in [5.41, 5.74) is 6.50. The number of hydrogen-bond donors (Lipinski definition) is 1. The van der Waals surface area contributed by atoms with E-state index in [0.717, 1.165) is 13.1 Å². The lowest BCUT2D eigenvalue weighted by Crippen LogP contribution is -2.25. The highest BCUT2D eigenvalue weighted by atomic mass is 15.1. The van der Waals surface area contributed by atoms with Crippen molar-refractivity contribution in [2.24, 2.45) is 0 Å². The molecule has 0 heterocycles. The minimum absolute atomic E-state index is 0.941. The van der Waals surface area contributed by atoms with Crippen molar-refractivity contribution >= 4 is 11.4 Å². The average molecular weight is 268 g/mol. The van der Waals surface area contributed by atoms with Crippen LogP contribution in [-0.4, -0.2) is 20.1 Å². The van der Waals surface area contributed by atoms with E-state index in [0.29, 0.717) is 0 Å². The maximum atomic E-state index is 3.57. The van der Waals surface area contributed by atoms with Gasteiger partial charge in [-0.05, 0) is 44.0 Å². The van der Waals surface area contributed by atoms with Crippen molar-refractivity contribution in [3.8, 4) is 0 Å². The first-order valence-electron chi connectivity index (χ1n) is 7.16. The summed E-state index contributed by atoms with van der Waals surface area (Å²) >= 11 is 0. The summed E-state index contributed by atoms with van der Waals surface area (Å²) < 4.78 is 0. The van der Waals surface area contributed by atoms with Crippen molar-refractivity contribution < 1.29 is 0 Å². The van der Waals surface area contributed by atoms with E-state index in [1.807, 2.05) is 0 Å². The summed E-state index contributed by atoms with van der Waals surface area (Å²) in [6.45, 7) is 8.41. The third kappa shape index (κ3) is 3.53. The molecule has 0 aliphatic rings. The van der Waals surface area contributed by atoms with Gasteiger partial charge in [-0.3, -0.25) is 0 Å². The standard InChI is InChI=1S/C18H24N2/c1-14-12-15(2)18(16(3)13-14)19-10-11-20(4)17-8-6-5-7-9-17/h5-9,12-13,19H,10-11H2,1-4H3. The number of nitrogens with zero attached hydrogens (tertiary/aromatic N) is 1. The number of benzene rings is 2. The van der Waals surface area contributed by atoms with Gasteiger partial charge in [-0.2, -0.15) is 0 Å². The molecule has 1 N–H and O–H groups in total. The molecule has 2 rings (SSSR count). The smallest absolute Gasteiger partial charge is 0.0400 e. The molecule has 0 amide bonds. The Morgan fingerprint density at radius 2 is 1.55 bits per heavy atom. The Morgan fingerprint density at radius 3 is 2.15 bits per heavy atom. The first-order chi connectivity index (χ1) is 9.58. The second-order valence-electron chi connectivity index (χ2n) is 5.46. The highest BCUT2D eigenvalue weighted by Crippen LogP contribution is 2.21. The predicted molar refractivity (Wildman–Crippen MR) is 88.9 cm³/mol. The monoisotopic (exact) mass is 268 g/mol. The van der Waals surface area contributed by atoms with Crippen molar-refractivity contribution in [3.63, 3.8) is 0 Å². The topological polar surface area (TPSA) is 15.3 Å². The molecule has 0 fully saturated rings. The third-order valence-electron chi connectivity index (χ3n) is 3.62. The highest BCUT2D eigenvalue weighted by molar-refractivity contribution is 5.58. The van der Waals surface area contributed by atoms with E-state index in [4.69, 9.17) is 0 Å². The largest absolute Gasteiger partial charge is 0.383 e. The third-order valence-corrected chi connectivity index (χ3v) is 3.62. The lowest BCUT2D eigenvalue weighted by molar-refractivity contribution is 0.912. The summed E-state index contributed by atoms with van der Waals surface area (Å²) in [4.78, 5) is 2.27. The number of hydrogen-bond acceptors (Lipinski definition) is 2. The maximum Gasteiger partial charge on any atom is 0.0400 e. The van der Waals surface area contributed by atoms with Gasteiger partial charge in [-0.15, -0.1) is 0 Å². The van der Waals surface area contributed by atoms with Gasteiger partial charge >= 0.3 is 0 Å². The van der Waals surface area contributed by atoms with Gasteiger partial charge in [-0.25, -0.2) is 0 Å². The van der Waals surface area contributed by atoms with Crippen LogP contribution in [0.4, 0.5) is 11.4 Å². The van der Waals surface area contributed by atoms with E-state index in [1.165, 1.54) is 28.1 Å². The van der Waals surface area contributed by atoms with E-state index in [-0.39, 0.29) is 0 Å². The van der Waals surface area contributed by atoms with Gasteiger partial charge < -0.3 is 10.2 Å². The molecule has 0 radical (unpaired) electrons. The van der Waals surface area contributed by atoms with Crippen LogP contribution in [-0.2, 0) is 0 Å². The van der Waals surface area contributed by atoms with E-state index in [9.17, 15) is 0 Å². The van der Waals surface area contributed by atoms with Crippen molar-refractivity contribution in [2.75, 3.05) is 30.4 Å². The van der Waals surface area contributed by atoms with Crippen molar-refractivity contribution in [3.05, 3.63) is 59.2 Å². The van der Waals surface area contributed by atoms with E-state index in [1.54, 1.807) is 0 Å². The zero-order valence-electron chi connectivity index (χ0n) is 12.9. The highest BCUT2D eigenvalue weighted by Gasteiger charge is 2.04. The number of rotatable bonds is 5. The molecule has 0 aliphatic heterocycles.